The van der Waals surface area contributed by atoms with Crippen LogP contribution in [0.15, 0.2) is 28.8 Å². The fourth-order valence-corrected chi connectivity index (χ4v) is 1.52. The number of rotatable bonds is 2. The number of nitrogens with two attached hydrogens (primary N) is 1. The summed E-state index contributed by atoms with van der Waals surface area (Å²) < 4.78 is 4.92. The van der Waals surface area contributed by atoms with Gasteiger partial charge in [0.25, 0.3) is 5.69 Å². The number of hydrogen-bond acceptors (Lipinski definition) is 5. The first-order valence-corrected chi connectivity index (χ1v) is 4.56. The smallest absolute Gasteiger partial charge is 0.283 e. The number of hydrogen-bond donors (Lipinski definition) is 1. The van der Waals surface area contributed by atoms with Crippen molar-refractivity contribution in [3.63, 3.8) is 0 Å². The summed E-state index contributed by atoms with van der Waals surface area (Å²) in [5.74, 6) is 0.499. The van der Waals surface area contributed by atoms with E-state index >= 15 is 0 Å². The average molecular weight is 219 g/mol. The standard InChI is InChI=1S/C10H9N3O3/c1-6-3-2-4-7(10(6)13(14)15)8-5-9(11)12-16-8/h2-5H,1H3,(H2,11,12). The molecule has 1 aromatic heterocycles. The highest BCUT2D eigenvalue weighted by Gasteiger charge is 2.20. The van der Waals surface area contributed by atoms with E-state index in [4.69, 9.17) is 10.3 Å². The number of nitrogens with zero attached hydrogens (tertiary/aromatic N) is 2. The Morgan fingerprint density at radius 2 is 2.25 bits per heavy atom. The van der Waals surface area contributed by atoms with E-state index in [1.807, 2.05) is 0 Å². The molecule has 2 N–H and O–H groups in total. The topological polar surface area (TPSA) is 95.2 Å². The molecule has 0 bridgehead atoms. The average Bonchev–Trinajstić information content (AvgIpc) is 2.63. The van der Waals surface area contributed by atoms with Crippen LogP contribution in [0.2, 0.25) is 0 Å². The molecule has 0 radical (unpaired) electrons. The zero-order chi connectivity index (χ0) is 11.7. The first-order valence-electron chi connectivity index (χ1n) is 4.56. The van der Waals surface area contributed by atoms with Crippen molar-refractivity contribution in [2.24, 2.45) is 0 Å². The number of anilines is 1. The zero-order valence-corrected chi connectivity index (χ0v) is 8.51. The molecule has 2 rings (SSSR count). The summed E-state index contributed by atoms with van der Waals surface area (Å²) in [5.41, 5.74) is 6.37. The van der Waals surface area contributed by atoms with Crippen molar-refractivity contribution in [2.45, 2.75) is 6.92 Å². The van der Waals surface area contributed by atoms with E-state index in [9.17, 15) is 10.1 Å². The van der Waals surface area contributed by atoms with Crippen molar-refractivity contribution in [2.75, 3.05) is 5.73 Å². The molecule has 0 unspecified atom stereocenters. The lowest BCUT2D eigenvalue weighted by atomic mass is 10.1. The summed E-state index contributed by atoms with van der Waals surface area (Å²) >= 11 is 0. The Kier molecular flexibility index (Phi) is 2.32. The summed E-state index contributed by atoms with van der Waals surface area (Å²) in [4.78, 5) is 10.5. The molecule has 0 amide bonds. The van der Waals surface area contributed by atoms with Gasteiger partial charge in [0.05, 0.1) is 10.5 Å². The molecule has 0 fully saturated rings. The second-order valence-corrected chi connectivity index (χ2v) is 3.34. The molecule has 0 saturated heterocycles. The van der Waals surface area contributed by atoms with Crippen LogP contribution in [-0.2, 0) is 0 Å². The Bertz CT molecular complexity index is 548. The molecule has 6 heteroatoms. The second-order valence-electron chi connectivity index (χ2n) is 3.34. The van der Waals surface area contributed by atoms with E-state index in [-0.39, 0.29) is 11.5 Å². The molecular weight excluding hydrogens is 210 g/mol. The van der Waals surface area contributed by atoms with Gasteiger partial charge in [-0.1, -0.05) is 17.3 Å². The Balaban J connectivity index is 2.65. The van der Waals surface area contributed by atoms with Gasteiger partial charge < -0.3 is 10.3 Å². The second kappa shape index (κ2) is 3.65. The minimum atomic E-state index is -0.441. The molecule has 6 nitrogen and oxygen atoms in total. The van der Waals surface area contributed by atoms with Gasteiger partial charge in [0.2, 0.25) is 0 Å². The highest BCUT2D eigenvalue weighted by atomic mass is 16.6. The van der Waals surface area contributed by atoms with Crippen molar-refractivity contribution >= 4 is 11.5 Å². The first kappa shape index (κ1) is 10.2. The summed E-state index contributed by atoms with van der Waals surface area (Å²) in [6.07, 6.45) is 0. The van der Waals surface area contributed by atoms with Crippen LogP contribution in [0.4, 0.5) is 11.5 Å². The van der Waals surface area contributed by atoms with Crippen molar-refractivity contribution in [1.29, 1.82) is 0 Å². The van der Waals surface area contributed by atoms with Gasteiger partial charge in [-0.2, -0.15) is 0 Å². The maximum atomic E-state index is 10.9. The van der Waals surface area contributed by atoms with E-state index < -0.39 is 4.92 Å². The van der Waals surface area contributed by atoms with Gasteiger partial charge >= 0.3 is 0 Å². The minimum absolute atomic E-state index is 0.0126. The fourth-order valence-electron chi connectivity index (χ4n) is 1.52. The molecule has 82 valence electrons. The number of nitro benzene ring substituents is 1. The number of aryl methyl sites for hydroxylation is 1. The molecule has 1 heterocycles. The van der Waals surface area contributed by atoms with Crippen LogP contribution in [0.1, 0.15) is 5.56 Å². The molecular formula is C10H9N3O3. The molecule has 0 atom stereocenters. The SMILES string of the molecule is Cc1cccc(-c2cc(N)no2)c1[N+](=O)[O-]. The Hall–Kier alpha value is -2.37. The maximum absolute atomic E-state index is 10.9. The highest BCUT2D eigenvalue weighted by molar-refractivity contribution is 5.72. The Labute approximate surface area is 90.8 Å². The quantitative estimate of drug-likeness (QED) is 0.616. The van der Waals surface area contributed by atoms with Gasteiger partial charge in [0, 0.05) is 11.6 Å². The van der Waals surface area contributed by atoms with Crippen LogP contribution in [0.5, 0.6) is 0 Å². The summed E-state index contributed by atoms with van der Waals surface area (Å²) in [6.45, 7) is 1.67. The third-order valence-electron chi connectivity index (χ3n) is 2.21. The Morgan fingerprint density at radius 1 is 1.50 bits per heavy atom. The van der Waals surface area contributed by atoms with Gasteiger partial charge in [-0.05, 0) is 13.0 Å². The van der Waals surface area contributed by atoms with Gasteiger partial charge in [-0.15, -0.1) is 0 Å². The molecule has 16 heavy (non-hydrogen) atoms. The molecule has 0 aliphatic heterocycles. The van der Waals surface area contributed by atoms with Crippen molar-refractivity contribution in [3.05, 3.63) is 39.9 Å². The van der Waals surface area contributed by atoms with E-state index in [2.05, 4.69) is 5.16 Å². The van der Waals surface area contributed by atoms with Crippen LogP contribution >= 0.6 is 0 Å². The minimum Gasteiger partial charge on any atom is -0.381 e. The van der Waals surface area contributed by atoms with Gasteiger partial charge in [-0.25, -0.2) is 0 Å². The molecule has 0 aliphatic rings. The lowest BCUT2D eigenvalue weighted by Crippen LogP contribution is -1.94. The largest absolute Gasteiger partial charge is 0.381 e. The zero-order valence-electron chi connectivity index (χ0n) is 8.51. The van der Waals surface area contributed by atoms with Crippen LogP contribution < -0.4 is 5.73 Å². The summed E-state index contributed by atoms with van der Waals surface area (Å²) in [6, 6.07) is 6.45. The Morgan fingerprint density at radius 3 is 2.81 bits per heavy atom. The van der Waals surface area contributed by atoms with E-state index in [0.29, 0.717) is 16.9 Å². The summed E-state index contributed by atoms with van der Waals surface area (Å²) in [5, 5.41) is 14.4. The number of para-hydroxylation sites is 1. The molecule has 2 aromatic rings. The van der Waals surface area contributed by atoms with Crippen LogP contribution in [-0.4, -0.2) is 10.1 Å². The van der Waals surface area contributed by atoms with Gasteiger partial charge in [0.15, 0.2) is 11.6 Å². The predicted molar refractivity (Wildman–Crippen MR) is 57.7 cm³/mol. The lowest BCUT2D eigenvalue weighted by molar-refractivity contribution is -0.384. The number of benzene rings is 1. The molecule has 0 saturated carbocycles. The van der Waals surface area contributed by atoms with Gasteiger partial charge in [0.1, 0.15) is 0 Å². The van der Waals surface area contributed by atoms with E-state index in [1.54, 1.807) is 25.1 Å². The number of aromatic nitrogens is 1. The molecule has 0 aliphatic carbocycles. The van der Waals surface area contributed by atoms with Crippen molar-refractivity contribution in [1.82, 2.24) is 5.16 Å². The fraction of sp³-hybridized carbons (Fsp3) is 0.100. The molecule has 0 spiro atoms. The highest BCUT2D eigenvalue weighted by Crippen LogP contribution is 2.33. The van der Waals surface area contributed by atoms with Crippen LogP contribution in [0.25, 0.3) is 11.3 Å². The number of nitrogen functional groups attached to an aromatic ring is 1. The van der Waals surface area contributed by atoms with Crippen LogP contribution in [0, 0.1) is 17.0 Å². The normalized spacial score (nSPS) is 10.3. The predicted octanol–water partition coefficient (Wildman–Crippen LogP) is 2.14. The van der Waals surface area contributed by atoms with Gasteiger partial charge in [-0.3, -0.25) is 10.1 Å². The van der Waals surface area contributed by atoms with Crippen LogP contribution in [0.3, 0.4) is 0 Å². The van der Waals surface area contributed by atoms with E-state index in [1.165, 1.54) is 6.07 Å². The number of nitro groups is 1. The third-order valence-corrected chi connectivity index (χ3v) is 2.21. The maximum Gasteiger partial charge on any atom is 0.283 e. The van der Waals surface area contributed by atoms with Crippen molar-refractivity contribution in [3.8, 4) is 11.3 Å². The van der Waals surface area contributed by atoms with E-state index in [0.717, 1.165) is 0 Å². The third kappa shape index (κ3) is 1.60. The lowest BCUT2D eigenvalue weighted by Gasteiger charge is -2.01. The molecule has 1 aromatic carbocycles. The van der Waals surface area contributed by atoms with Crippen molar-refractivity contribution < 1.29 is 9.45 Å². The monoisotopic (exact) mass is 219 g/mol. The first-order chi connectivity index (χ1) is 7.59. The summed E-state index contributed by atoms with van der Waals surface area (Å²) in [7, 11) is 0.